The van der Waals surface area contributed by atoms with E-state index in [4.69, 9.17) is 0 Å². The van der Waals surface area contributed by atoms with E-state index in [0.717, 1.165) is 17.4 Å². The fourth-order valence-electron chi connectivity index (χ4n) is 2.38. The number of hydrogen-bond donors (Lipinski definition) is 2. The molecule has 0 bridgehead atoms. The molecule has 2 aromatic carbocycles. The lowest BCUT2D eigenvalue weighted by molar-refractivity contribution is 0.0846. The first-order chi connectivity index (χ1) is 11.7. The second kappa shape index (κ2) is 7.48. The zero-order valence-corrected chi connectivity index (χ0v) is 15.1. The Kier molecular flexibility index (Phi) is 5.58. The number of carbonyl (C=O) groups excluding carboxylic acids is 2. The minimum absolute atomic E-state index is 0.0850. The number of nitrogens with one attached hydrogen (secondary N) is 2. The molecule has 2 amide bonds. The minimum atomic E-state index is -3.13. The van der Waals surface area contributed by atoms with Gasteiger partial charge in [-0.1, -0.05) is 29.8 Å². The lowest BCUT2D eigenvalue weighted by Crippen LogP contribution is -2.41. The van der Waals surface area contributed by atoms with Crippen LogP contribution in [0.4, 0.5) is 0 Å². The molecule has 0 saturated carbocycles. The van der Waals surface area contributed by atoms with Crippen molar-refractivity contribution in [2.24, 2.45) is 0 Å². The van der Waals surface area contributed by atoms with Crippen molar-refractivity contribution in [3.63, 3.8) is 0 Å². The summed E-state index contributed by atoms with van der Waals surface area (Å²) < 4.78 is 22.5. The van der Waals surface area contributed by atoms with Gasteiger partial charge in [0.1, 0.15) is 0 Å². The van der Waals surface area contributed by atoms with Crippen LogP contribution in [0.5, 0.6) is 0 Å². The Morgan fingerprint density at radius 1 is 0.920 bits per heavy atom. The van der Waals surface area contributed by atoms with Gasteiger partial charge in [-0.3, -0.25) is 20.4 Å². The van der Waals surface area contributed by atoms with Gasteiger partial charge in [-0.15, -0.1) is 0 Å². The Labute approximate surface area is 147 Å². The third-order valence-corrected chi connectivity index (χ3v) is 4.42. The van der Waals surface area contributed by atoms with Crippen molar-refractivity contribution in [3.05, 3.63) is 70.3 Å². The maximum Gasteiger partial charge on any atom is 0.269 e. The van der Waals surface area contributed by atoms with E-state index in [1.165, 1.54) is 12.1 Å². The molecule has 2 rings (SSSR count). The predicted octanol–water partition coefficient (Wildman–Crippen LogP) is 1.92. The number of hydrogen-bond acceptors (Lipinski definition) is 4. The summed E-state index contributed by atoms with van der Waals surface area (Å²) >= 11 is 0. The van der Waals surface area contributed by atoms with Crippen LogP contribution in [0, 0.1) is 13.8 Å². The Balaban J connectivity index is 1.99. The predicted molar refractivity (Wildman–Crippen MR) is 95.8 cm³/mol. The molecule has 0 spiro atoms. The zero-order valence-electron chi connectivity index (χ0n) is 14.3. The van der Waals surface area contributed by atoms with Crippen LogP contribution >= 0.6 is 0 Å². The molecule has 7 heteroatoms. The highest BCUT2D eigenvalue weighted by atomic mass is 32.2. The molecule has 2 N–H and O–H groups in total. The summed E-state index contributed by atoms with van der Waals surface area (Å²) in [7, 11) is -3.13. The van der Waals surface area contributed by atoms with E-state index in [1.807, 2.05) is 26.0 Å². The van der Waals surface area contributed by atoms with Gasteiger partial charge in [0.05, 0.1) is 5.75 Å². The first-order valence-electron chi connectivity index (χ1n) is 7.60. The maximum atomic E-state index is 12.1. The summed E-state index contributed by atoms with van der Waals surface area (Å²) in [5.74, 6) is -0.971. The molecule has 0 aliphatic carbocycles. The molecule has 0 aliphatic heterocycles. The highest BCUT2D eigenvalue weighted by Gasteiger charge is 2.12. The van der Waals surface area contributed by atoms with E-state index >= 15 is 0 Å². The van der Waals surface area contributed by atoms with E-state index in [0.29, 0.717) is 16.7 Å². The largest absolute Gasteiger partial charge is 0.269 e. The summed E-state index contributed by atoms with van der Waals surface area (Å²) in [5, 5.41) is 0. The van der Waals surface area contributed by atoms with Crippen molar-refractivity contribution >= 4 is 21.7 Å². The Morgan fingerprint density at radius 2 is 1.52 bits per heavy atom. The number of benzene rings is 2. The van der Waals surface area contributed by atoms with E-state index < -0.39 is 21.7 Å². The fourth-order valence-corrected chi connectivity index (χ4v) is 3.17. The molecule has 132 valence electrons. The molecule has 0 unspecified atom stereocenters. The van der Waals surface area contributed by atoms with Gasteiger partial charge in [0.15, 0.2) is 9.84 Å². The van der Waals surface area contributed by atoms with Crippen molar-refractivity contribution in [3.8, 4) is 0 Å². The third kappa shape index (κ3) is 5.42. The van der Waals surface area contributed by atoms with Crippen molar-refractivity contribution in [1.82, 2.24) is 10.9 Å². The quantitative estimate of drug-likeness (QED) is 0.815. The Bertz CT molecular complexity index is 903. The molecular weight excluding hydrogens is 340 g/mol. The van der Waals surface area contributed by atoms with Crippen molar-refractivity contribution < 1.29 is 18.0 Å². The van der Waals surface area contributed by atoms with Crippen molar-refractivity contribution in [2.45, 2.75) is 19.6 Å². The Hall–Kier alpha value is -2.67. The SMILES string of the molecule is Cc1ccc(C(=O)NNC(=O)c2ccc(CS(C)(=O)=O)cc2)c(C)c1. The van der Waals surface area contributed by atoms with Crippen LogP contribution in [0.1, 0.15) is 37.4 Å². The number of amides is 2. The smallest absolute Gasteiger partial charge is 0.267 e. The van der Waals surface area contributed by atoms with Crippen LogP contribution in [0.2, 0.25) is 0 Å². The molecule has 25 heavy (non-hydrogen) atoms. The fraction of sp³-hybridized carbons (Fsp3) is 0.222. The molecule has 0 atom stereocenters. The van der Waals surface area contributed by atoms with Gasteiger partial charge in [-0.05, 0) is 43.2 Å². The van der Waals surface area contributed by atoms with E-state index in [9.17, 15) is 18.0 Å². The summed E-state index contributed by atoms with van der Waals surface area (Å²) in [6.07, 6.45) is 1.15. The van der Waals surface area contributed by atoms with Gasteiger partial charge in [0, 0.05) is 17.4 Å². The highest BCUT2D eigenvalue weighted by Crippen LogP contribution is 2.10. The zero-order chi connectivity index (χ0) is 18.6. The van der Waals surface area contributed by atoms with Gasteiger partial charge >= 0.3 is 0 Å². The van der Waals surface area contributed by atoms with Crippen molar-refractivity contribution in [2.75, 3.05) is 6.26 Å². The second-order valence-electron chi connectivity index (χ2n) is 5.99. The van der Waals surface area contributed by atoms with Gasteiger partial charge in [-0.2, -0.15) is 0 Å². The lowest BCUT2D eigenvalue weighted by Gasteiger charge is -2.10. The van der Waals surface area contributed by atoms with Crippen LogP contribution in [0.15, 0.2) is 42.5 Å². The lowest BCUT2D eigenvalue weighted by atomic mass is 10.1. The van der Waals surface area contributed by atoms with Crippen LogP contribution in [0.25, 0.3) is 0 Å². The minimum Gasteiger partial charge on any atom is -0.267 e. The van der Waals surface area contributed by atoms with Crippen LogP contribution in [0.3, 0.4) is 0 Å². The number of carbonyl (C=O) groups is 2. The first kappa shape index (κ1) is 18.7. The summed E-state index contributed by atoms with van der Waals surface area (Å²) in [5.41, 5.74) is 7.99. The maximum absolute atomic E-state index is 12.1. The number of hydrazine groups is 1. The summed E-state index contributed by atoms with van der Waals surface area (Å²) in [6, 6.07) is 11.6. The highest BCUT2D eigenvalue weighted by molar-refractivity contribution is 7.89. The number of aryl methyl sites for hydroxylation is 2. The van der Waals surface area contributed by atoms with E-state index in [2.05, 4.69) is 10.9 Å². The van der Waals surface area contributed by atoms with Gasteiger partial charge in [0.2, 0.25) is 0 Å². The van der Waals surface area contributed by atoms with Gasteiger partial charge < -0.3 is 0 Å². The summed E-state index contributed by atoms with van der Waals surface area (Å²) in [6.45, 7) is 3.76. The van der Waals surface area contributed by atoms with E-state index in [1.54, 1.807) is 18.2 Å². The third-order valence-electron chi connectivity index (χ3n) is 3.56. The molecule has 0 fully saturated rings. The molecule has 2 aromatic rings. The molecule has 6 nitrogen and oxygen atoms in total. The monoisotopic (exact) mass is 360 g/mol. The van der Waals surface area contributed by atoms with Gasteiger partial charge in [-0.25, -0.2) is 8.42 Å². The molecule has 0 aromatic heterocycles. The topological polar surface area (TPSA) is 92.3 Å². The molecule has 0 saturated heterocycles. The second-order valence-corrected chi connectivity index (χ2v) is 8.13. The van der Waals surface area contributed by atoms with Gasteiger partial charge in [0.25, 0.3) is 11.8 Å². The average Bonchev–Trinajstić information content (AvgIpc) is 2.51. The Morgan fingerprint density at radius 3 is 2.08 bits per heavy atom. The normalized spacial score (nSPS) is 11.0. The van der Waals surface area contributed by atoms with Crippen LogP contribution in [-0.2, 0) is 15.6 Å². The molecule has 0 aliphatic rings. The summed E-state index contributed by atoms with van der Waals surface area (Å²) in [4.78, 5) is 24.2. The number of sulfone groups is 1. The van der Waals surface area contributed by atoms with E-state index in [-0.39, 0.29) is 5.75 Å². The molecular formula is C18H20N2O4S. The average molecular weight is 360 g/mol. The molecule has 0 radical (unpaired) electrons. The molecule has 0 heterocycles. The van der Waals surface area contributed by atoms with Crippen LogP contribution in [-0.4, -0.2) is 26.5 Å². The standard InChI is InChI=1S/C18H20N2O4S/c1-12-4-9-16(13(2)10-12)18(22)20-19-17(21)15-7-5-14(6-8-15)11-25(3,23)24/h4-10H,11H2,1-3H3,(H,19,21)(H,20,22). The first-order valence-corrected chi connectivity index (χ1v) is 9.66. The van der Waals surface area contributed by atoms with Crippen molar-refractivity contribution in [1.29, 1.82) is 0 Å². The number of rotatable bonds is 4. The van der Waals surface area contributed by atoms with Crippen LogP contribution < -0.4 is 10.9 Å².